The van der Waals surface area contributed by atoms with Crippen molar-refractivity contribution in [3.05, 3.63) is 35.5 Å². The van der Waals surface area contributed by atoms with E-state index in [1.54, 1.807) is 7.11 Å². The highest BCUT2D eigenvalue weighted by atomic mass is 16.5. The number of aromatic amines is 1. The number of rotatable bonds is 3. The van der Waals surface area contributed by atoms with Crippen LogP contribution in [0.4, 0.5) is 0 Å². The maximum absolute atomic E-state index is 11.0. The first-order chi connectivity index (χ1) is 7.77. The molecule has 0 saturated carbocycles. The number of aryl methyl sites for hydroxylation is 1. The number of ether oxygens (including phenoxy) is 1. The molecule has 4 nitrogen and oxygen atoms in total. The van der Waals surface area contributed by atoms with Crippen LogP contribution in [-0.2, 0) is 0 Å². The summed E-state index contributed by atoms with van der Waals surface area (Å²) in [6.45, 7) is 1.82. The molecule has 0 radical (unpaired) electrons. The van der Waals surface area contributed by atoms with Gasteiger partial charge in [0.25, 0.3) is 0 Å². The standard InChI is InChI=1S/C12H12N2O2/c1-8-10(7-15)12(14-13-8)9-5-3-4-6-11(9)16-2/h3-7H,1-2H3,(H,13,14). The molecule has 1 aromatic heterocycles. The van der Waals surface area contributed by atoms with Crippen molar-refractivity contribution in [3.8, 4) is 17.0 Å². The largest absolute Gasteiger partial charge is 0.496 e. The zero-order valence-corrected chi connectivity index (χ0v) is 9.15. The quantitative estimate of drug-likeness (QED) is 0.800. The lowest BCUT2D eigenvalue weighted by Gasteiger charge is -2.05. The number of aromatic nitrogens is 2. The number of methoxy groups -OCH3 is 1. The minimum atomic E-state index is 0.574. The van der Waals surface area contributed by atoms with Crippen LogP contribution in [0.5, 0.6) is 5.75 Å². The van der Waals surface area contributed by atoms with Crippen LogP contribution in [0.2, 0.25) is 0 Å². The van der Waals surface area contributed by atoms with E-state index < -0.39 is 0 Å². The van der Waals surface area contributed by atoms with Crippen LogP contribution in [-0.4, -0.2) is 23.6 Å². The first-order valence-electron chi connectivity index (χ1n) is 4.91. The van der Waals surface area contributed by atoms with Gasteiger partial charge < -0.3 is 4.74 Å². The monoisotopic (exact) mass is 216 g/mol. The molecule has 0 fully saturated rings. The van der Waals surface area contributed by atoms with Crippen molar-refractivity contribution in [1.82, 2.24) is 10.2 Å². The van der Waals surface area contributed by atoms with E-state index in [0.717, 1.165) is 17.5 Å². The van der Waals surface area contributed by atoms with Gasteiger partial charge in [0, 0.05) is 11.3 Å². The minimum Gasteiger partial charge on any atom is -0.496 e. The molecule has 2 rings (SSSR count). The lowest BCUT2D eigenvalue weighted by atomic mass is 10.1. The summed E-state index contributed by atoms with van der Waals surface area (Å²) in [4.78, 5) is 11.0. The zero-order chi connectivity index (χ0) is 11.5. The molecule has 0 bridgehead atoms. The molecule has 0 aliphatic carbocycles. The van der Waals surface area contributed by atoms with Gasteiger partial charge in [0.2, 0.25) is 0 Å². The third kappa shape index (κ3) is 1.58. The van der Waals surface area contributed by atoms with E-state index in [2.05, 4.69) is 10.2 Å². The van der Waals surface area contributed by atoms with Crippen LogP contribution in [0.1, 0.15) is 16.1 Å². The van der Waals surface area contributed by atoms with Gasteiger partial charge in [0.15, 0.2) is 6.29 Å². The molecule has 0 saturated heterocycles. The van der Waals surface area contributed by atoms with Gasteiger partial charge >= 0.3 is 0 Å². The molecule has 0 amide bonds. The van der Waals surface area contributed by atoms with Crippen LogP contribution < -0.4 is 4.74 Å². The van der Waals surface area contributed by atoms with Crippen molar-refractivity contribution in [2.24, 2.45) is 0 Å². The SMILES string of the molecule is COc1ccccc1-c1n[nH]c(C)c1C=O. The average molecular weight is 216 g/mol. The molecule has 0 spiro atoms. The van der Waals surface area contributed by atoms with E-state index in [4.69, 9.17) is 4.74 Å². The van der Waals surface area contributed by atoms with Gasteiger partial charge in [-0.1, -0.05) is 12.1 Å². The molecule has 4 heteroatoms. The second-order valence-corrected chi connectivity index (χ2v) is 3.43. The number of carbonyl (C=O) groups is 1. The van der Waals surface area contributed by atoms with E-state index in [9.17, 15) is 4.79 Å². The lowest BCUT2D eigenvalue weighted by molar-refractivity contribution is 0.112. The van der Waals surface area contributed by atoms with Crippen molar-refractivity contribution in [1.29, 1.82) is 0 Å². The topological polar surface area (TPSA) is 55.0 Å². The smallest absolute Gasteiger partial charge is 0.154 e. The van der Waals surface area contributed by atoms with Gasteiger partial charge in [0.05, 0.1) is 12.7 Å². The summed E-state index contributed by atoms with van der Waals surface area (Å²) in [5, 5.41) is 6.93. The highest BCUT2D eigenvalue weighted by Crippen LogP contribution is 2.30. The maximum Gasteiger partial charge on any atom is 0.154 e. The molecular formula is C12H12N2O2. The summed E-state index contributed by atoms with van der Waals surface area (Å²) in [6, 6.07) is 7.48. The van der Waals surface area contributed by atoms with E-state index >= 15 is 0 Å². The van der Waals surface area contributed by atoms with Crippen LogP contribution in [0.25, 0.3) is 11.3 Å². The van der Waals surface area contributed by atoms with Gasteiger partial charge in [-0.3, -0.25) is 9.89 Å². The fraction of sp³-hybridized carbons (Fsp3) is 0.167. The first kappa shape index (κ1) is 10.4. The van der Waals surface area contributed by atoms with Crippen LogP contribution >= 0.6 is 0 Å². The molecule has 16 heavy (non-hydrogen) atoms. The third-order valence-electron chi connectivity index (χ3n) is 2.47. The van der Waals surface area contributed by atoms with Crippen molar-refractivity contribution in [3.63, 3.8) is 0 Å². The second-order valence-electron chi connectivity index (χ2n) is 3.43. The zero-order valence-electron chi connectivity index (χ0n) is 9.15. The fourth-order valence-corrected chi connectivity index (χ4v) is 1.63. The predicted octanol–water partition coefficient (Wildman–Crippen LogP) is 2.21. The Balaban J connectivity index is 2.62. The average Bonchev–Trinajstić information content (AvgIpc) is 2.70. The molecule has 0 aliphatic heterocycles. The summed E-state index contributed by atoms with van der Waals surface area (Å²) in [5.41, 5.74) is 2.78. The highest BCUT2D eigenvalue weighted by Gasteiger charge is 2.14. The summed E-state index contributed by atoms with van der Waals surface area (Å²) in [6.07, 6.45) is 0.806. The van der Waals surface area contributed by atoms with Gasteiger partial charge in [-0.25, -0.2) is 0 Å². The Labute approximate surface area is 93.3 Å². The molecule has 82 valence electrons. The lowest BCUT2D eigenvalue weighted by Crippen LogP contribution is -1.90. The number of hydrogen-bond acceptors (Lipinski definition) is 3. The minimum absolute atomic E-state index is 0.574. The summed E-state index contributed by atoms with van der Waals surface area (Å²) >= 11 is 0. The summed E-state index contributed by atoms with van der Waals surface area (Å²) < 4.78 is 5.24. The van der Waals surface area contributed by atoms with Crippen LogP contribution in [0.3, 0.4) is 0 Å². The van der Waals surface area contributed by atoms with Gasteiger partial charge in [-0.15, -0.1) is 0 Å². The number of benzene rings is 1. The Hall–Kier alpha value is -2.10. The molecule has 1 N–H and O–H groups in total. The van der Waals surface area contributed by atoms with E-state index in [-0.39, 0.29) is 0 Å². The van der Waals surface area contributed by atoms with Crippen molar-refractivity contribution < 1.29 is 9.53 Å². The summed E-state index contributed by atoms with van der Waals surface area (Å²) in [7, 11) is 1.60. The number of hydrogen-bond donors (Lipinski definition) is 1. The van der Waals surface area contributed by atoms with Crippen molar-refractivity contribution in [2.45, 2.75) is 6.92 Å². The van der Waals surface area contributed by atoms with Crippen LogP contribution in [0, 0.1) is 6.92 Å². The number of nitrogens with zero attached hydrogens (tertiary/aromatic N) is 1. The molecule has 0 unspecified atom stereocenters. The molecule has 0 atom stereocenters. The summed E-state index contributed by atoms with van der Waals surface area (Å²) in [5.74, 6) is 0.706. The third-order valence-corrected chi connectivity index (χ3v) is 2.47. The number of carbonyl (C=O) groups excluding carboxylic acids is 1. The first-order valence-corrected chi connectivity index (χ1v) is 4.91. The van der Waals surface area contributed by atoms with Gasteiger partial charge in [-0.05, 0) is 19.1 Å². The maximum atomic E-state index is 11.0. The van der Waals surface area contributed by atoms with Crippen molar-refractivity contribution in [2.75, 3.05) is 7.11 Å². The van der Waals surface area contributed by atoms with Gasteiger partial charge in [-0.2, -0.15) is 5.10 Å². The molecule has 1 heterocycles. The number of para-hydroxylation sites is 1. The number of nitrogens with one attached hydrogen (secondary N) is 1. The number of H-pyrrole nitrogens is 1. The van der Waals surface area contributed by atoms with Gasteiger partial charge in [0.1, 0.15) is 11.4 Å². The van der Waals surface area contributed by atoms with E-state index in [0.29, 0.717) is 17.0 Å². The predicted molar refractivity (Wildman–Crippen MR) is 60.7 cm³/mol. The Morgan fingerprint density at radius 1 is 1.38 bits per heavy atom. The fourth-order valence-electron chi connectivity index (χ4n) is 1.63. The highest BCUT2D eigenvalue weighted by molar-refractivity contribution is 5.88. The molecular weight excluding hydrogens is 204 g/mol. The van der Waals surface area contributed by atoms with E-state index in [1.807, 2.05) is 31.2 Å². The normalized spacial score (nSPS) is 10.1. The Morgan fingerprint density at radius 3 is 2.81 bits per heavy atom. The Bertz CT molecular complexity index is 517. The molecule has 0 aliphatic rings. The van der Waals surface area contributed by atoms with Crippen LogP contribution in [0.15, 0.2) is 24.3 Å². The second kappa shape index (κ2) is 4.18. The number of aldehydes is 1. The Kier molecular flexibility index (Phi) is 2.72. The Morgan fingerprint density at radius 2 is 2.12 bits per heavy atom. The van der Waals surface area contributed by atoms with E-state index in [1.165, 1.54) is 0 Å². The molecule has 2 aromatic rings. The van der Waals surface area contributed by atoms with Crippen molar-refractivity contribution >= 4 is 6.29 Å². The molecule has 1 aromatic carbocycles.